The molecule has 0 saturated carbocycles. The van der Waals surface area contributed by atoms with Gasteiger partial charge in [0.15, 0.2) is 0 Å². The maximum atomic E-state index is 11.9. The molecule has 1 aromatic carbocycles. The Bertz CT molecular complexity index is 696. The molecule has 0 fully saturated rings. The third kappa shape index (κ3) is 6.87. The standard InChI is InChI=1S/C21H29BrO4/c1-7-18(23)17(22)11-14(3)26-19-13-16(21(4,5)6)10-9-15(19)12-20(24)25-8-2/h9-11,13,23H,7-8,12H2,1-6H3/b14-11?,18-17-. The summed E-state index contributed by atoms with van der Waals surface area (Å²) in [5.74, 6) is 1.19. The van der Waals surface area contributed by atoms with Crippen LogP contribution in [0.3, 0.4) is 0 Å². The number of halogens is 1. The Hall–Kier alpha value is -1.75. The summed E-state index contributed by atoms with van der Waals surface area (Å²) in [6.07, 6.45) is 2.40. The Morgan fingerprint density at radius 2 is 1.92 bits per heavy atom. The molecule has 5 heteroatoms. The topological polar surface area (TPSA) is 55.8 Å². The molecule has 1 N–H and O–H groups in total. The van der Waals surface area contributed by atoms with E-state index in [0.29, 0.717) is 29.0 Å². The van der Waals surface area contributed by atoms with E-state index in [9.17, 15) is 9.90 Å². The van der Waals surface area contributed by atoms with E-state index >= 15 is 0 Å². The zero-order valence-electron chi connectivity index (χ0n) is 16.5. The lowest BCUT2D eigenvalue weighted by Gasteiger charge is -2.21. The van der Waals surface area contributed by atoms with Gasteiger partial charge in [-0.25, -0.2) is 0 Å². The molecule has 0 spiro atoms. The molecular weight excluding hydrogens is 396 g/mol. The molecule has 0 atom stereocenters. The average Bonchev–Trinajstić information content (AvgIpc) is 2.54. The van der Waals surface area contributed by atoms with E-state index in [-0.39, 0.29) is 23.6 Å². The molecule has 144 valence electrons. The van der Waals surface area contributed by atoms with Crippen LogP contribution in [0.15, 0.2) is 40.3 Å². The largest absolute Gasteiger partial charge is 0.511 e. The van der Waals surface area contributed by atoms with E-state index in [0.717, 1.165) is 11.1 Å². The second-order valence-corrected chi connectivity index (χ2v) is 7.91. The Labute approximate surface area is 165 Å². The number of aliphatic hydroxyl groups excluding tert-OH is 1. The Kier molecular flexibility index (Phi) is 8.41. The summed E-state index contributed by atoms with van der Waals surface area (Å²) in [5.41, 5.74) is 1.84. The van der Waals surface area contributed by atoms with Crippen molar-refractivity contribution >= 4 is 21.9 Å². The molecule has 0 unspecified atom stereocenters. The second kappa shape index (κ2) is 9.81. The van der Waals surface area contributed by atoms with Crippen LogP contribution in [0.4, 0.5) is 0 Å². The fourth-order valence-electron chi connectivity index (χ4n) is 2.26. The summed E-state index contributed by atoms with van der Waals surface area (Å²) in [6.45, 7) is 12.2. The van der Waals surface area contributed by atoms with Gasteiger partial charge in [-0.2, -0.15) is 0 Å². The number of esters is 1. The Morgan fingerprint density at radius 1 is 1.27 bits per heavy atom. The van der Waals surface area contributed by atoms with Gasteiger partial charge in [0.05, 0.1) is 17.5 Å². The number of aliphatic hydroxyl groups is 1. The summed E-state index contributed by atoms with van der Waals surface area (Å²) >= 11 is 3.34. The number of hydrogen-bond donors (Lipinski definition) is 1. The summed E-state index contributed by atoms with van der Waals surface area (Å²) < 4.78 is 11.6. The number of carbonyl (C=O) groups excluding carboxylic acids is 1. The van der Waals surface area contributed by atoms with Crippen molar-refractivity contribution < 1.29 is 19.4 Å². The first-order valence-electron chi connectivity index (χ1n) is 8.81. The van der Waals surface area contributed by atoms with Gasteiger partial charge in [-0.1, -0.05) is 39.8 Å². The molecule has 0 aliphatic carbocycles. The highest BCUT2D eigenvalue weighted by atomic mass is 79.9. The van der Waals surface area contributed by atoms with Crippen molar-refractivity contribution in [1.82, 2.24) is 0 Å². The van der Waals surface area contributed by atoms with E-state index in [2.05, 4.69) is 36.7 Å². The van der Waals surface area contributed by atoms with Crippen molar-refractivity contribution in [2.75, 3.05) is 6.61 Å². The molecule has 0 bridgehead atoms. The van der Waals surface area contributed by atoms with E-state index in [1.54, 1.807) is 13.0 Å². The van der Waals surface area contributed by atoms with Gasteiger partial charge in [-0.3, -0.25) is 4.79 Å². The predicted octanol–water partition coefficient (Wildman–Crippen LogP) is 5.95. The van der Waals surface area contributed by atoms with Crippen molar-refractivity contribution in [3.05, 3.63) is 51.4 Å². The number of ether oxygens (including phenoxy) is 2. The molecule has 0 aromatic heterocycles. The van der Waals surface area contributed by atoms with Crippen molar-refractivity contribution in [1.29, 1.82) is 0 Å². The van der Waals surface area contributed by atoms with Gasteiger partial charge in [-0.05, 0) is 52.9 Å². The minimum absolute atomic E-state index is 0.0425. The first kappa shape index (κ1) is 22.3. The van der Waals surface area contributed by atoms with Crippen molar-refractivity contribution in [2.45, 2.75) is 59.8 Å². The molecule has 0 radical (unpaired) electrons. The number of carbonyl (C=O) groups is 1. The summed E-state index contributed by atoms with van der Waals surface area (Å²) in [7, 11) is 0. The van der Waals surface area contributed by atoms with Crippen LogP contribution in [0.25, 0.3) is 0 Å². The lowest BCUT2D eigenvalue weighted by molar-refractivity contribution is -0.142. The van der Waals surface area contributed by atoms with Gasteiger partial charge in [0.2, 0.25) is 0 Å². The van der Waals surface area contributed by atoms with Crippen LogP contribution >= 0.6 is 15.9 Å². The SMILES string of the molecule is CCOC(=O)Cc1ccc(C(C)(C)C)cc1OC(C)=C/C(Br)=C(/O)CC. The van der Waals surface area contributed by atoms with Crippen LogP contribution in [-0.4, -0.2) is 17.7 Å². The highest BCUT2D eigenvalue weighted by molar-refractivity contribution is 9.11. The van der Waals surface area contributed by atoms with Crippen molar-refractivity contribution in [3.63, 3.8) is 0 Å². The van der Waals surface area contributed by atoms with Crippen LogP contribution in [0.5, 0.6) is 5.75 Å². The predicted molar refractivity (Wildman–Crippen MR) is 109 cm³/mol. The fraction of sp³-hybridized carbons (Fsp3) is 0.476. The molecule has 4 nitrogen and oxygen atoms in total. The zero-order valence-corrected chi connectivity index (χ0v) is 18.1. The van der Waals surface area contributed by atoms with E-state index in [4.69, 9.17) is 9.47 Å². The highest BCUT2D eigenvalue weighted by Gasteiger charge is 2.18. The summed E-state index contributed by atoms with van der Waals surface area (Å²) in [4.78, 5) is 11.9. The first-order valence-corrected chi connectivity index (χ1v) is 9.60. The molecule has 0 heterocycles. The number of benzene rings is 1. The third-order valence-corrected chi connectivity index (χ3v) is 4.47. The maximum absolute atomic E-state index is 11.9. The van der Waals surface area contributed by atoms with Crippen molar-refractivity contribution in [3.8, 4) is 5.75 Å². The molecule has 0 aliphatic rings. The van der Waals surface area contributed by atoms with Gasteiger partial charge in [-0.15, -0.1) is 0 Å². The lowest BCUT2D eigenvalue weighted by atomic mass is 9.86. The fourth-order valence-corrected chi connectivity index (χ4v) is 2.87. The van der Waals surface area contributed by atoms with Crippen LogP contribution in [-0.2, 0) is 21.4 Å². The summed E-state index contributed by atoms with van der Waals surface area (Å²) in [6, 6.07) is 5.89. The van der Waals surface area contributed by atoms with Gasteiger partial charge in [0.1, 0.15) is 17.3 Å². The number of rotatable bonds is 7. The van der Waals surface area contributed by atoms with Crippen molar-refractivity contribution in [2.24, 2.45) is 0 Å². The number of hydrogen-bond acceptors (Lipinski definition) is 4. The van der Waals surface area contributed by atoms with Gasteiger partial charge in [0.25, 0.3) is 0 Å². The molecule has 26 heavy (non-hydrogen) atoms. The molecule has 0 amide bonds. The summed E-state index contributed by atoms with van der Waals surface area (Å²) in [5, 5.41) is 9.80. The van der Waals surface area contributed by atoms with Gasteiger partial charge < -0.3 is 14.6 Å². The van der Waals surface area contributed by atoms with Crippen LogP contribution in [0.1, 0.15) is 59.1 Å². The van der Waals surface area contributed by atoms with E-state index in [1.165, 1.54) is 0 Å². The molecule has 0 saturated heterocycles. The molecule has 1 rings (SSSR count). The number of allylic oxidation sites excluding steroid dienone is 4. The smallest absolute Gasteiger partial charge is 0.310 e. The average molecular weight is 425 g/mol. The minimum atomic E-state index is -0.285. The highest BCUT2D eigenvalue weighted by Crippen LogP contribution is 2.30. The Morgan fingerprint density at radius 3 is 2.46 bits per heavy atom. The van der Waals surface area contributed by atoms with E-state index in [1.807, 2.05) is 32.0 Å². The first-order chi connectivity index (χ1) is 12.1. The molecule has 1 aromatic rings. The minimum Gasteiger partial charge on any atom is -0.511 e. The maximum Gasteiger partial charge on any atom is 0.310 e. The normalized spacial score (nSPS) is 13.3. The van der Waals surface area contributed by atoms with Crippen LogP contribution in [0, 0.1) is 0 Å². The zero-order chi connectivity index (χ0) is 19.9. The van der Waals surface area contributed by atoms with Gasteiger partial charge in [0, 0.05) is 12.0 Å². The third-order valence-electron chi connectivity index (χ3n) is 3.78. The molecular formula is C21H29BrO4. The van der Waals surface area contributed by atoms with Gasteiger partial charge >= 0.3 is 5.97 Å². The second-order valence-electron chi connectivity index (χ2n) is 7.06. The Balaban J connectivity index is 3.22. The monoisotopic (exact) mass is 424 g/mol. The van der Waals surface area contributed by atoms with Crippen LogP contribution < -0.4 is 4.74 Å². The quantitative estimate of drug-likeness (QED) is 0.333. The lowest BCUT2D eigenvalue weighted by Crippen LogP contribution is -2.13. The van der Waals surface area contributed by atoms with E-state index < -0.39 is 0 Å². The van der Waals surface area contributed by atoms with Crippen LogP contribution in [0.2, 0.25) is 0 Å². The molecule has 0 aliphatic heterocycles.